The summed E-state index contributed by atoms with van der Waals surface area (Å²) in [6.45, 7) is 1.48. The van der Waals surface area contributed by atoms with E-state index >= 15 is 0 Å². The Morgan fingerprint density at radius 2 is 1.87 bits per heavy atom. The number of aliphatic hydroxyl groups is 1. The lowest BCUT2D eigenvalue weighted by molar-refractivity contribution is -0.119. The number of amides is 1. The van der Waals surface area contributed by atoms with Crippen LogP contribution < -0.4 is 5.32 Å². The lowest BCUT2D eigenvalue weighted by Crippen LogP contribution is -2.21. The summed E-state index contributed by atoms with van der Waals surface area (Å²) >= 11 is 3.36. The normalized spacial score (nSPS) is 10.2. The molecule has 120 valence electrons. The van der Waals surface area contributed by atoms with Gasteiger partial charge < -0.3 is 15.2 Å². The largest absolute Gasteiger partial charge is 0.452 e. The van der Waals surface area contributed by atoms with Crippen LogP contribution in [0.4, 0.5) is 5.69 Å². The Labute approximate surface area is 142 Å². The number of carbonyl (C=O) groups excluding carboxylic acids is 2. The van der Waals surface area contributed by atoms with E-state index in [1.165, 1.54) is 0 Å². The van der Waals surface area contributed by atoms with Crippen molar-refractivity contribution in [2.75, 3.05) is 11.9 Å². The molecule has 0 saturated heterocycles. The summed E-state index contributed by atoms with van der Waals surface area (Å²) in [5, 5.41) is 11.6. The highest BCUT2D eigenvalue weighted by Crippen LogP contribution is 2.23. The Morgan fingerprint density at radius 1 is 1.17 bits per heavy atom. The second kappa shape index (κ2) is 7.89. The number of rotatable bonds is 5. The molecule has 2 aromatic rings. The number of benzene rings is 2. The van der Waals surface area contributed by atoms with Crippen molar-refractivity contribution in [1.82, 2.24) is 0 Å². The van der Waals surface area contributed by atoms with Gasteiger partial charge in [0.15, 0.2) is 6.61 Å². The average molecular weight is 378 g/mol. The number of ether oxygens (including phenoxy) is 1. The fourth-order valence-corrected chi connectivity index (χ4v) is 2.46. The van der Waals surface area contributed by atoms with Crippen molar-refractivity contribution in [3.63, 3.8) is 0 Å². The van der Waals surface area contributed by atoms with Gasteiger partial charge in [-0.1, -0.05) is 18.2 Å². The standard InChI is InChI=1S/C17H16BrNO4/c1-11-2-7-15(14(18)8-11)19-16(21)10-23-17(22)13-5-3-12(9-20)4-6-13/h2-8,20H,9-10H2,1H3,(H,19,21). The fraction of sp³-hybridized carbons (Fsp3) is 0.176. The fourth-order valence-electron chi connectivity index (χ4n) is 1.87. The van der Waals surface area contributed by atoms with Crippen molar-refractivity contribution in [3.05, 3.63) is 63.6 Å². The summed E-state index contributed by atoms with van der Waals surface area (Å²) in [5.74, 6) is -1.01. The van der Waals surface area contributed by atoms with E-state index < -0.39 is 11.9 Å². The number of hydrogen-bond acceptors (Lipinski definition) is 4. The number of carbonyl (C=O) groups is 2. The van der Waals surface area contributed by atoms with Gasteiger partial charge in [-0.15, -0.1) is 0 Å². The second-order valence-corrected chi connectivity index (χ2v) is 5.82. The Hall–Kier alpha value is -2.18. The third-order valence-electron chi connectivity index (χ3n) is 3.11. The molecule has 6 heteroatoms. The van der Waals surface area contributed by atoms with Gasteiger partial charge in [0.25, 0.3) is 5.91 Å². The summed E-state index contributed by atoms with van der Waals surface area (Å²) in [6.07, 6.45) is 0. The number of hydrogen-bond donors (Lipinski definition) is 2. The molecule has 0 aliphatic heterocycles. The van der Waals surface area contributed by atoms with Crippen molar-refractivity contribution in [1.29, 1.82) is 0 Å². The topological polar surface area (TPSA) is 75.6 Å². The first kappa shape index (κ1) is 17.2. The highest BCUT2D eigenvalue weighted by Gasteiger charge is 2.11. The van der Waals surface area contributed by atoms with Gasteiger partial charge >= 0.3 is 5.97 Å². The summed E-state index contributed by atoms with van der Waals surface area (Å²) < 4.78 is 5.73. The van der Waals surface area contributed by atoms with Crippen LogP contribution in [0.25, 0.3) is 0 Å². The Balaban J connectivity index is 1.89. The molecule has 5 nitrogen and oxygen atoms in total. The van der Waals surface area contributed by atoms with Crippen LogP contribution in [0, 0.1) is 6.92 Å². The minimum absolute atomic E-state index is 0.0941. The number of aryl methyl sites for hydroxylation is 1. The molecule has 2 aromatic carbocycles. The van der Waals surface area contributed by atoms with Gasteiger partial charge in [-0.05, 0) is 58.2 Å². The van der Waals surface area contributed by atoms with E-state index in [2.05, 4.69) is 21.2 Å². The second-order valence-electron chi connectivity index (χ2n) is 4.96. The first-order valence-corrected chi connectivity index (χ1v) is 7.72. The van der Waals surface area contributed by atoms with E-state index in [1.54, 1.807) is 30.3 Å². The van der Waals surface area contributed by atoms with E-state index in [0.29, 0.717) is 16.8 Å². The summed E-state index contributed by atoms with van der Waals surface area (Å²) in [7, 11) is 0. The molecular formula is C17H16BrNO4. The van der Waals surface area contributed by atoms with Gasteiger partial charge in [-0.3, -0.25) is 4.79 Å². The molecule has 0 aliphatic carbocycles. The van der Waals surface area contributed by atoms with Crippen molar-refractivity contribution in [3.8, 4) is 0 Å². The third kappa shape index (κ3) is 4.91. The lowest BCUT2D eigenvalue weighted by atomic mass is 10.1. The van der Waals surface area contributed by atoms with E-state index in [4.69, 9.17) is 9.84 Å². The molecule has 0 saturated carbocycles. The van der Waals surface area contributed by atoms with Crippen molar-refractivity contribution in [2.24, 2.45) is 0 Å². The molecule has 2 rings (SSSR count). The summed E-state index contributed by atoms with van der Waals surface area (Å²) in [6, 6.07) is 11.9. The van der Waals surface area contributed by atoms with Gasteiger partial charge in [0.1, 0.15) is 0 Å². The molecule has 1 amide bonds. The van der Waals surface area contributed by atoms with Crippen LogP contribution in [-0.4, -0.2) is 23.6 Å². The molecular weight excluding hydrogens is 362 g/mol. The van der Waals surface area contributed by atoms with E-state index in [0.717, 1.165) is 10.0 Å². The van der Waals surface area contributed by atoms with E-state index in [9.17, 15) is 9.59 Å². The Morgan fingerprint density at radius 3 is 2.48 bits per heavy atom. The van der Waals surface area contributed by atoms with Crippen LogP contribution in [0.15, 0.2) is 46.9 Å². The van der Waals surface area contributed by atoms with Gasteiger partial charge in [0.05, 0.1) is 17.9 Å². The highest BCUT2D eigenvalue weighted by atomic mass is 79.9. The third-order valence-corrected chi connectivity index (χ3v) is 3.76. The monoisotopic (exact) mass is 377 g/mol. The number of aliphatic hydroxyl groups excluding tert-OH is 1. The zero-order chi connectivity index (χ0) is 16.8. The quantitative estimate of drug-likeness (QED) is 0.785. The van der Waals surface area contributed by atoms with Crippen LogP contribution in [0.3, 0.4) is 0 Å². The molecule has 0 unspecified atom stereocenters. The highest BCUT2D eigenvalue weighted by molar-refractivity contribution is 9.10. The molecule has 0 aliphatic rings. The lowest BCUT2D eigenvalue weighted by Gasteiger charge is -2.09. The van der Waals surface area contributed by atoms with Crippen LogP contribution in [0.2, 0.25) is 0 Å². The smallest absolute Gasteiger partial charge is 0.338 e. The van der Waals surface area contributed by atoms with Gasteiger partial charge in [-0.2, -0.15) is 0 Å². The zero-order valence-electron chi connectivity index (χ0n) is 12.5. The summed E-state index contributed by atoms with van der Waals surface area (Å²) in [5.41, 5.74) is 2.70. The van der Waals surface area contributed by atoms with Crippen LogP contribution >= 0.6 is 15.9 Å². The maximum atomic E-state index is 11.8. The summed E-state index contributed by atoms with van der Waals surface area (Å²) in [4.78, 5) is 23.7. The van der Waals surface area contributed by atoms with Crippen LogP contribution in [0.1, 0.15) is 21.5 Å². The molecule has 0 bridgehead atoms. The zero-order valence-corrected chi connectivity index (χ0v) is 14.1. The molecule has 0 radical (unpaired) electrons. The number of halogens is 1. The minimum atomic E-state index is -0.590. The molecule has 23 heavy (non-hydrogen) atoms. The molecule has 0 spiro atoms. The molecule has 0 aromatic heterocycles. The first-order valence-electron chi connectivity index (χ1n) is 6.92. The van der Waals surface area contributed by atoms with Gasteiger partial charge in [0.2, 0.25) is 0 Å². The number of nitrogens with one attached hydrogen (secondary N) is 1. The van der Waals surface area contributed by atoms with Gasteiger partial charge in [0, 0.05) is 4.47 Å². The molecule has 2 N–H and O–H groups in total. The number of esters is 1. The van der Waals surface area contributed by atoms with E-state index in [-0.39, 0.29) is 13.2 Å². The van der Waals surface area contributed by atoms with Crippen LogP contribution in [-0.2, 0) is 16.1 Å². The maximum Gasteiger partial charge on any atom is 0.338 e. The molecule has 0 heterocycles. The molecule has 0 atom stereocenters. The van der Waals surface area contributed by atoms with E-state index in [1.807, 2.05) is 19.1 Å². The Kier molecular flexibility index (Phi) is 5.90. The average Bonchev–Trinajstić information content (AvgIpc) is 2.55. The van der Waals surface area contributed by atoms with Crippen molar-refractivity contribution >= 4 is 33.5 Å². The van der Waals surface area contributed by atoms with Gasteiger partial charge in [-0.25, -0.2) is 4.79 Å². The predicted molar refractivity (Wildman–Crippen MR) is 90.2 cm³/mol. The predicted octanol–water partition coefficient (Wildman–Crippen LogP) is 3.05. The SMILES string of the molecule is Cc1ccc(NC(=O)COC(=O)c2ccc(CO)cc2)c(Br)c1. The maximum absolute atomic E-state index is 11.8. The molecule has 0 fully saturated rings. The Bertz CT molecular complexity index is 713. The first-order chi connectivity index (χ1) is 11.0. The van der Waals surface area contributed by atoms with Crippen molar-refractivity contribution < 1.29 is 19.4 Å². The van der Waals surface area contributed by atoms with Crippen molar-refractivity contribution in [2.45, 2.75) is 13.5 Å². The number of anilines is 1. The minimum Gasteiger partial charge on any atom is -0.452 e. The van der Waals surface area contributed by atoms with Crippen LogP contribution in [0.5, 0.6) is 0 Å².